The maximum Gasteiger partial charge on any atom is 0.238 e. The van der Waals surface area contributed by atoms with E-state index < -0.39 is 0 Å². The second-order valence-corrected chi connectivity index (χ2v) is 7.02. The van der Waals surface area contributed by atoms with Gasteiger partial charge in [-0.05, 0) is 35.6 Å². The number of thiocarbonyl (C=S) groups is 1. The molecule has 0 aliphatic carbocycles. The first-order valence-electron chi connectivity index (χ1n) is 8.24. The molecular formula is C21H17BrN2O2S. The van der Waals surface area contributed by atoms with Crippen LogP contribution in [-0.4, -0.2) is 10.1 Å². The second-order valence-electron chi connectivity index (χ2n) is 5.76. The van der Waals surface area contributed by atoms with Crippen molar-refractivity contribution in [1.29, 1.82) is 0 Å². The van der Waals surface area contributed by atoms with Crippen LogP contribution in [0.15, 0.2) is 83.6 Å². The normalized spacial score (nSPS) is 11.6. The van der Waals surface area contributed by atoms with E-state index in [1.54, 1.807) is 41.2 Å². The Labute approximate surface area is 171 Å². The van der Waals surface area contributed by atoms with E-state index >= 15 is 0 Å². The van der Waals surface area contributed by atoms with Crippen LogP contribution in [0.1, 0.15) is 11.1 Å². The lowest BCUT2D eigenvalue weighted by atomic mass is 10.1. The number of nitrogens with zero attached hydrogens (tertiary/aromatic N) is 1. The van der Waals surface area contributed by atoms with Crippen LogP contribution >= 0.6 is 28.1 Å². The number of hydrogen-bond donors (Lipinski definition) is 2. The zero-order chi connectivity index (χ0) is 19.2. The Hall–Kier alpha value is -2.54. The molecule has 4 nitrogen and oxygen atoms in total. The summed E-state index contributed by atoms with van der Waals surface area (Å²) in [6.45, 7) is -0.129. The fourth-order valence-electron chi connectivity index (χ4n) is 2.58. The molecule has 0 radical (unpaired) electrons. The number of halogens is 1. The number of anilines is 1. The van der Waals surface area contributed by atoms with Crippen molar-refractivity contribution in [1.82, 2.24) is 0 Å². The molecule has 0 atom stereocenters. The Kier molecular flexibility index (Phi) is 6.34. The molecule has 1 heterocycles. The molecule has 1 aromatic heterocycles. The Morgan fingerprint density at radius 3 is 2.44 bits per heavy atom. The summed E-state index contributed by atoms with van der Waals surface area (Å²) < 4.78 is 2.33. The van der Waals surface area contributed by atoms with Gasteiger partial charge in [-0.2, -0.15) is 4.57 Å². The monoisotopic (exact) mass is 440 g/mol. The zero-order valence-corrected chi connectivity index (χ0v) is 16.7. The van der Waals surface area contributed by atoms with Crippen molar-refractivity contribution in [2.75, 3.05) is 5.32 Å². The second kappa shape index (κ2) is 8.90. The fourth-order valence-corrected chi connectivity index (χ4v) is 3.36. The molecule has 0 bridgehead atoms. The molecule has 2 N–H and O–H groups in total. The summed E-state index contributed by atoms with van der Waals surface area (Å²) >= 11 is 9.01. The Bertz CT molecular complexity index is 990. The van der Waals surface area contributed by atoms with Gasteiger partial charge in [0.05, 0.1) is 6.61 Å². The van der Waals surface area contributed by atoms with Gasteiger partial charge in [0.25, 0.3) is 0 Å². The smallest absolute Gasteiger partial charge is 0.238 e. The molecule has 3 aromatic rings. The summed E-state index contributed by atoms with van der Waals surface area (Å²) in [5.41, 5.74) is 2.28. The first kappa shape index (κ1) is 19.2. The lowest BCUT2D eigenvalue weighted by Crippen LogP contribution is -2.40. The third-order valence-corrected chi connectivity index (χ3v) is 4.87. The molecule has 0 aliphatic heterocycles. The molecule has 6 heteroatoms. The molecule has 0 spiro atoms. The molecule has 3 rings (SSSR count). The first-order valence-corrected chi connectivity index (χ1v) is 9.44. The fraction of sp³-hybridized carbons (Fsp3) is 0.0476. The number of nitrogens with one attached hydrogen (secondary N) is 1. The van der Waals surface area contributed by atoms with Gasteiger partial charge in [-0.3, -0.25) is 0 Å². The highest BCUT2D eigenvalue weighted by Crippen LogP contribution is 2.24. The van der Waals surface area contributed by atoms with Crippen LogP contribution in [0.2, 0.25) is 0 Å². The predicted molar refractivity (Wildman–Crippen MR) is 112 cm³/mol. The van der Waals surface area contributed by atoms with Crippen LogP contribution < -0.4 is 15.0 Å². The predicted octanol–water partition coefficient (Wildman–Crippen LogP) is 3.35. The maximum atomic E-state index is 13.3. The highest BCUT2D eigenvalue weighted by molar-refractivity contribution is 9.10. The number of pyridine rings is 1. The highest BCUT2D eigenvalue weighted by Gasteiger charge is 2.20. The van der Waals surface area contributed by atoms with E-state index in [1.807, 2.05) is 42.5 Å². The van der Waals surface area contributed by atoms with Crippen molar-refractivity contribution >= 4 is 50.3 Å². The van der Waals surface area contributed by atoms with E-state index in [0.717, 1.165) is 5.69 Å². The minimum atomic E-state index is -0.226. The molecule has 0 aliphatic rings. The van der Waals surface area contributed by atoms with Crippen LogP contribution in [0, 0.1) is 0 Å². The minimum Gasteiger partial charge on any atom is -0.867 e. The standard InChI is InChI=1S/C21H17BrN2O2S/c22-18-11-5-4-10-17(18)20(26)19(24-12-6-7-15(13-24)14-25)21(27)23-16-8-2-1-3-9-16/h1-13,25H,14H2,(H-,23,26,27). The Morgan fingerprint density at radius 1 is 1.04 bits per heavy atom. The van der Waals surface area contributed by atoms with E-state index in [2.05, 4.69) is 21.2 Å². The van der Waals surface area contributed by atoms with E-state index in [1.165, 1.54) is 0 Å². The van der Waals surface area contributed by atoms with Gasteiger partial charge in [0.1, 0.15) is 0 Å². The molecular weight excluding hydrogens is 424 g/mol. The highest BCUT2D eigenvalue weighted by atomic mass is 79.9. The van der Waals surface area contributed by atoms with Gasteiger partial charge in [0.15, 0.2) is 17.4 Å². The number of rotatable bonds is 5. The SMILES string of the molecule is [O-]/C(=C(\C(=S)Nc1ccccc1)[n+]1cccc(CO)c1)c1ccccc1Br. The molecule has 2 aromatic carbocycles. The summed E-state index contributed by atoms with van der Waals surface area (Å²) in [7, 11) is 0. The van der Waals surface area contributed by atoms with Crippen molar-refractivity contribution in [3.05, 3.63) is 94.7 Å². The van der Waals surface area contributed by atoms with E-state index in [-0.39, 0.29) is 12.4 Å². The summed E-state index contributed by atoms with van der Waals surface area (Å²) in [5, 5.41) is 25.9. The van der Waals surface area contributed by atoms with Crippen LogP contribution in [0.4, 0.5) is 5.69 Å². The van der Waals surface area contributed by atoms with Crippen LogP contribution in [-0.2, 0) is 6.61 Å². The number of benzene rings is 2. The van der Waals surface area contributed by atoms with Gasteiger partial charge in [0.2, 0.25) is 5.70 Å². The van der Waals surface area contributed by atoms with Gasteiger partial charge in [-0.15, -0.1) is 0 Å². The summed E-state index contributed by atoms with van der Waals surface area (Å²) in [6, 6.07) is 20.2. The van der Waals surface area contributed by atoms with Crippen LogP contribution in [0.25, 0.3) is 11.5 Å². The minimum absolute atomic E-state index is 0.129. The molecule has 0 amide bonds. The maximum absolute atomic E-state index is 13.3. The summed E-state index contributed by atoms with van der Waals surface area (Å²) in [5.74, 6) is -0.226. The number of aliphatic hydroxyl groups is 1. The van der Waals surface area contributed by atoms with Gasteiger partial charge in [0, 0.05) is 21.8 Å². The molecule has 0 unspecified atom stereocenters. The van der Waals surface area contributed by atoms with E-state index in [0.29, 0.717) is 26.3 Å². The van der Waals surface area contributed by atoms with Gasteiger partial charge in [-0.1, -0.05) is 64.5 Å². The Balaban J connectivity index is 2.12. The van der Waals surface area contributed by atoms with Crippen LogP contribution in [0.5, 0.6) is 0 Å². The number of aliphatic hydroxyl groups excluding tert-OH is 1. The number of para-hydroxylation sites is 1. The topological polar surface area (TPSA) is 59.2 Å². The molecule has 0 fully saturated rings. The molecule has 27 heavy (non-hydrogen) atoms. The number of hydrogen-bond acceptors (Lipinski definition) is 3. The van der Waals surface area contributed by atoms with Crippen molar-refractivity contribution in [3.63, 3.8) is 0 Å². The van der Waals surface area contributed by atoms with Gasteiger partial charge < -0.3 is 15.5 Å². The van der Waals surface area contributed by atoms with E-state index in [4.69, 9.17) is 12.2 Å². The average molecular weight is 441 g/mol. The van der Waals surface area contributed by atoms with Crippen molar-refractivity contribution < 1.29 is 14.8 Å². The average Bonchev–Trinajstić information content (AvgIpc) is 2.69. The lowest BCUT2D eigenvalue weighted by Gasteiger charge is -2.18. The third kappa shape index (κ3) is 4.60. The van der Waals surface area contributed by atoms with Crippen molar-refractivity contribution in [3.8, 4) is 0 Å². The largest absolute Gasteiger partial charge is 0.867 e. The van der Waals surface area contributed by atoms with E-state index in [9.17, 15) is 10.2 Å². The third-order valence-electron chi connectivity index (χ3n) is 3.88. The molecule has 0 saturated carbocycles. The zero-order valence-electron chi connectivity index (χ0n) is 14.3. The first-order chi connectivity index (χ1) is 13.1. The quantitative estimate of drug-likeness (QED) is 0.276. The Morgan fingerprint density at radius 2 is 1.74 bits per heavy atom. The molecule has 0 saturated heterocycles. The van der Waals surface area contributed by atoms with Crippen molar-refractivity contribution in [2.24, 2.45) is 0 Å². The van der Waals surface area contributed by atoms with Gasteiger partial charge >= 0.3 is 0 Å². The van der Waals surface area contributed by atoms with Crippen LogP contribution in [0.3, 0.4) is 0 Å². The van der Waals surface area contributed by atoms with Gasteiger partial charge in [-0.25, -0.2) is 0 Å². The number of aromatic nitrogens is 1. The lowest BCUT2D eigenvalue weighted by molar-refractivity contribution is -0.578. The summed E-state index contributed by atoms with van der Waals surface area (Å²) in [4.78, 5) is 0.294. The van der Waals surface area contributed by atoms with Crippen molar-refractivity contribution in [2.45, 2.75) is 6.61 Å². The molecule has 136 valence electrons. The summed E-state index contributed by atoms with van der Waals surface area (Å²) in [6.07, 6.45) is 3.44.